The number of rotatable bonds is 12. The number of hydroxylamine groups is 1. The number of aryl methyl sites for hydroxylation is 2. The van der Waals surface area contributed by atoms with E-state index in [-0.39, 0.29) is 30.4 Å². The second-order valence-corrected chi connectivity index (χ2v) is 12.4. The van der Waals surface area contributed by atoms with Gasteiger partial charge in [-0.3, -0.25) is 14.8 Å². The van der Waals surface area contributed by atoms with Crippen LogP contribution in [0.25, 0.3) is 21.9 Å². The third-order valence-corrected chi connectivity index (χ3v) is 8.89. The number of halogens is 1. The lowest BCUT2D eigenvalue weighted by Crippen LogP contribution is -2.49. The molecule has 0 fully saturated rings. The van der Waals surface area contributed by atoms with Gasteiger partial charge in [-0.25, -0.2) is 18.3 Å². The maximum absolute atomic E-state index is 15.0. The fourth-order valence-electron chi connectivity index (χ4n) is 4.25. The molecule has 0 saturated carbocycles. The smallest absolute Gasteiger partial charge is 0.264 e. The number of hydrogen-bond acceptors (Lipinski definition) is 6. The summed E-state index contributed by atoms with van der Waals surface area (Å²) in [4.78, 5) is 25.1. The van der Waals surface area contributed by atoms with Gasteiger partial charge in [0.1, 0.15) is 5.82 Å². The number of carbonyl (C=O) groups is 1. The highest BCUT2D eigenvalue weighted by molar-refractivity contribution is 7.92. The van der Waals surface area contributed by atoms with Crippen LogP contribution in [0.3, 0.4) is 0 Å². The van der Waals surface area contributed by atoms with E-state index >= 15 is 0 Å². The van der Waals surface area contributed by atoms with Gasteiger partial charge < -0.3 is 9.30 Å². The van der Waals surface area contributed by atoms with Gasteiger partial charge in [-0.15, -0.1) is 0 Å². The zero-order valence-corrected chi connectivity index (χ0v) is 23.0. The molecule has 0 aliphatic rings. The van der Waals surface area contributed by atoms with Crippen LogP contribution >= 0.6 is 0 Å². The lowest BCUT2D eigenvalue weighted by atomic mass is 9.99. The standard InChI is InChI=1S/C28H35FN2O6S/c1-19(2)37-16-6-5-7-20-8-10-23(25(29)17-20)21-9-11-24-22(18-21)12-14-31(26(24)32)15-13-28(3,27(33)30-34)38(4,35)36/h8-12,14,17-19,34H,5-7,13,15-16H2,1-4H3,(H,30,33)/t28-/m0/s1. The Balaban J connectivity index is 1.78. The molecule has 1 heterocycles. The van der Waals surface area contributed by atoms with Crippen LogP contribution in [0.1, 0.15) is 45.6 Å². The summed E-state index contributed by atoms with van der Waals surface area (Å²) in [7, 11) is -3.88. The summed E-state index contributed by atoms with van der Waals surface area (Å²) in [5.41, 5.74) is 3.01. The number of aromatic nitrogens is 1. The summed E-state index contributed by atoms with van der Waals surface area (Å²) in [5, 5.41) is 9.98. The topological polar surface area (TPSA) is 115 Å². The van der Waals surface area contributed by atoms with E-state index in [4.69, 9.17) is 9.94 Å². The van der Waals surface area contributed by atoms with Crippen molar-refractivity contribution in [2.45, 2.75) is 63.9 Å². The van der Waals surface area contributed by atoms with Crippen LogP contribution in [0.5, 0.6) is 0 Å². The van der Waals surface area contributed by atoms with Crippen LogP contribution in [-0.2, 0) is 32.3 Å². The molecule has 0 aliphatic carbocycles. The second kappa shape index (κ2) is 12.2. The molecule has 8 nitrogen and oxygen atoms in total. The van der Waals surface area contributed by atoms with Gasteiger partial charge in [0.25, 0.3) is 11.5 Å². The Morgan fingerprint density at radius 2 is 1.89 bits per heavy atom. The molecule has 3 rings (SSSR count). The lowest BCUT2D eigenvalue weighted by Gasteiger charge is -2.25. The van der Waals surface area contributed by atoms with E-state index in [0.717, 1.165) is 31.1 Å². The zero-order valence-electron chi connectivity index (χ0n) is 22.2. The summed E-state index contributed by atoms with van der Waals surface area (Å²) in [5.74, 6) is -1.40. The van der Waals surface area contributed by atoms with E-state index < -0.39 is 20.5 Å². The molecule has 0 aliphatic heterocycles. The molecule has 1 aromatic heterocycles. The molecule has 1 amide bonds. The SMILES string of the molecule is CC(C)OCCCCc1ccc(-c2ccc3c(=O)n(CC[C@@](C)(C(=O)NO)S(C)(=O)=O)ccc3c2)c(F)c1. The van der Waals surface area contributed by atoms with Crippen molar-refractivity contribution in [3.63, 3.8) is 0 Å². The van der Waals surface area contributed by atoms with Crippen LogP contribution in [0, 0.1) is 5.82 Å². The van der Waals surface area contributed by atoms with Crippen LogP contribution in [-0.4, -0.2) is 47.8 Å². The number of fused-ring (bicyclic) bond motifs is 1. The molecule has 38 heavy (non-hydrogen) atoms. The van der Waals surface area contributed by atoms with Crippen molar-refractivity contribution in [3.8, 4) is 11.1 Å². The fourth-order valence-corrected chi connectivity index (χ4v) is 5.09. The van der Waals surface area contributed by atoms with Gasteiger partial charge in [-0.1, -0.05) is 18.2 Å². The molecule has 0 radical (unpaired) electrons. The first-order valence-corrected chi connectivity index (χ1v) is 14.4. The number of carbonyl (C=O) groups excluding carboxylic acids is 1. The van der Waals surface area contributed by atoms with Gasteiger partial charge in [0.15, 0.2) is 14.6 Å². The molecular formula is C28H35FN2O6S. The average Bonchev–Trinajstić information content (AvgIpc) is 2.86. The monoisotopic (exact) mass is 546 g/mol. The first kappa shape index (κ1) is 29.5. The molecule has 3 aromatic rings. The molecule has 2 aromatic carbocycles. The van der Waals surface area contributed by atoms with Crippen LogP contribution in [0.2, 0.25) is 0 Å². The number of sulfone groups is 1. The molecule has 10 heteroatoms. The minimum atomic E-state index is -3.88. The highest BCUT2D eigenvalue weighted by Crippen LogP contribution is 2.27. The molecular weight excluding hydrogens is 511 g/mol. The highest BCUT2D eigenvalue weighted by atomic mass is 32.2. The van der Waals surface area contributed by atoms with Crippen LogP contribution in [0.4, 0.5) is 4.39 Å². The Bertz CT molecular complexity index is 1470. The fraction of sp³-hybridized carbons (Fsp3) is 0.429. The summed E-state index contributed by atoms with van der Waals surface area (Å²) in [6.07, 6.45) is 4.97. The summed E-state index contributed by atoms with van der Waals surface area (Å²) >= 11 is 0. The van der Waals surface area contributed by atoms with E-state index in [0.29, 0.717) is 28.5 Å². The van der Waals surface area contributed by atoms with Crippen molar-refractivity contribution >= 4 is 26.5 Å². The van der Waals surface area contributed by atoms with Gasteiger partial charge in [-0.05, 0) is 87.2 Å². The van der Waals surface area contributed by atoms with E-state index in [1.807, 2.05) is 19.9 Å². The van der Waals surface area contributed by atoms with Gasteiger partial charge in [0, 0.05) is 36.6 Å². The van der Waals surface area contributed by atoms with Gasteiger partial charge >= 0.3 is 0 Å². The Morgan fingerprint density at radius 1 is 1.16 bits per heavy atom. The lowest BCUT2D eigenvalue weighted by molar-refractivity contribution is -0.131. The van der Waals surface area contributed by atoms with Crippen molar-refractivity contribution in [1.29, 1.82) is 0 Å². The third-order valence-electron chi connectivity index (χ3n) is 6.86. The predicted molar refractivity (Wildman–Crippen MR) is 145 cm³/mol. The largest absolute Gasteiger partial charge is 0.379 e. The van der Waals surface area contributed by atoms with E-state index in [9.17, 15) is 22.4 Å². The number of pyridine rings is 1. The number of nitrogens with zero attached hydrogens (tertiary/aromatic N) is 1. The van der Waals surface area contributed by atoms with E-state index in [2.05, 4.69) is 0 Å². The van der Waals surface area contributed by atoms with Crippen molar-refractivity contribution in [1.82, 2.24) is 10.0 Å². The summed E-state index contributed by atoms with van der Waals surface area (Å²) in [6, 6.07) is 11.9. The summed E-state index contributed by atoms with van der Waals surface area (Å²) in [6.45, 7) is 5.82. The molecule has 1 atom stereocenters. The normalized spacial score (nSPS) is 13.6. The van der Waals surface area contributed by atoms with E-state index in [1.54, 1.807) is 36.4 Å². The minimum Gasteiger partial charge on any atom is -0.379 e. The zero-order chi connectivity index (χ0) is 28.1. The first-order chi connectivity index (χ1) is 17.9. The van der Waals surface area contributed by atoms with Crippen molar-refractivity contribution in [3.05, 3.63) is 70.4 Å². The number of unbranched alkanes of at least 4 members (excludes halogenated alkanes) is 1. The van der Waals surface area contributed by atoms with Gasteiger partial charge in [0.2, 0.25) is 0 Å². The third kappa shape index (κ3) is 6.67. The van der Waals surface area contributed by atoms with Crippen molar-refractivity contribution in [2.75, 3.05) is 12.9 Å². The maximum atomic E-state index is 15.0. The molecule has 0 unspecified atom stereocenters. The Labute approximate surface area is 222 Å². The Morgan fingerprint density at radius 3 is 2.53 bits per heavy atom. The summed E-state index contributed by atoms with van der Waals surface area (Å²) < 4.78 is 44.3. The maximum Gasteiger partial charge on any atom is 0.264 e. The van der Waals surface area contributed by atoms with Crippen molar-refractivity contribution in [2.24, 2.45) is 0 Å². The second-order valence-electron chi connectivity index (χ2n) is 10.0. The Hall–Kier alpha value is -3.08. The van der Waals surface area contributed by atoms with Crippen molar-refractivity contribution < 1.29 is 27.5 Å². The molecule has 0 bridgehead atoms. The minimum absolute atomic E-state index is 0.0623. The number of hydrogen-bond donors (Lipinski definition) is 2. The molecule has 206 valence electrons. The van der Waals surface area contributed by atoms with Gasteiger partial charge in [-0.2, -0.15) is 0 Å². The first-order valence-electron chi connectivity index (χ1n) is 12.5. The number of benzene rings is 2. The van der Waals surface area contributed by atoms with E-state index in [1.165, 1.54) is 23.2 Å². The molecule has 0 spiro atoms. The average molecular weight is 547 g/mol. The number of amides is 1. The number of nitrogens with one attached hydrogen (secondary N) is 1. The highest BCUT2D eigenvalue weighted by Gasteiger charge is 2.43. The van der Waals surface area contributed by atoms with Crippen LogP contribution in [0.15, 0.2) is 53.5 Å². The number of ether oxygens (including phenoxy) is 1. The quantitative estimate of drug-likeness (QED) is 0.199. The van der Waals surface area contributed by atoms with Crippen LogP contribution < -0.4 is 11.0 Å². The predicted octanol–water partition coefficient (Wildman–Crippen LogP) is 4.25. The molecule has 0 saturated heterocycles. The van der Waals surface area contributed by atoms with Gasteiger partial charge in [0.05, 0.1) is 6.10 Å². The molecule has 2 N–H and O–H groups in total. The Kier molecular flexibility index (Phi) is 9.45.